The van der Waals surface area contributed by atoms with Crippen molar-refractivity contribution in [1.29, 1.82) is 0 Å². The van der Waals surface area contributed by atoms with Crippen molar-refractivity contribution in [1.82, 2.24) is 5.32 Å². The van der Waals surface area contributed by atoms with Crippen molar-refractivity contribution in [2.24, 2.45) is 5.73 Å². The van der Waals surface area contributed by atoms with Gasteiger partial charge in [-0.3, -0.25) is 10.1 Å². The number of nitrogens with two attached hydrogens (primary N) is 1. The number of benzene rings is 1. The van der Waals surface area contributed by atoms with Crippen LogP contribution in [0, 0.1) is 0 Å². The van der Waals surface area contributed by atoms with Gasteiger partial charge in [-0.15, -0.1) is 0 Å². The SMILES string of the molecule is NC(=O)NC(=O)CNc1ccc(C(F)(F)F)cc1. The molecule has 4 N–H and O–H groups in total. The number of rotatable bonds is 3. The van der Waals surface area contributed by atoms with Gasteiger partial charge in [0.1, 0.15) is 0 Å². The number of alkyl halides is 3. The van der Waals surface area contributed by atoms with E-state index in [0.29, 0.717) is 5.69 Å². The zero-order valence-electron chi connectivity index (χ0n) is 9.04. The van der Waals surface area contributed by atoms with E-state index in [1.807, 2.05) is 0 Å². The van der Waals surface area contributed by atoms with Crippen molar-refractivity contribution < 1.29 is 22.8 Å². The van der Waals surface area contributed by atoms with Gasteiger partial charge in [0.2, 0.25) is 5.91 Å². The van der Waals surface area contributed by atoms with Crippen molar-refractivity contribution in [3.8, 4) is 0 Å². The fourth-order valence-electron chi connectivity index (χ4n) is 1.14. The number of primary amides is 1. The average molecular weight is 261 g/mol. The second kappa shape index (κ2) is 5.39. The second-order valence-electron chi connectivity index (χ2n) is 3.34. The van der Waals surface area contributed by atoms with Crippen LogP contribution in [0.2, 0.25) is 0 Å². The maximum atomic E-state index is 12.2. The summed E-state index contributed by atoms with van der Waals surface area (Å²) in [6, 6.07) is 3.14. The normalized spacial score (nSPS) is 10.8. The molecule has 98 valence electrons. The first-order valence-electron chi connectivity index (χ1n) is 4.79. The molecule has 5 nitrogen and oxygen atoms in total. The molecule has 0 aliphatic carbocycles. The zero-order chi connectivity index (χ0) is 13.8. The molecular formula is C10H10F3N3O2. The minimum Gasteiger partial charge on any atom is -0.376 e. The molecule has 8 heteroatoms. The van der Waals surface area contributed by atoms with E-state index < -0.39 is 23.7 Å². The Morgan fingerprint density at radius 3 is 2.17 bits per heavy atom. The van der Waals surface area contributed by atoms with E-state index in [9.17, 15) is 22.8 Å². The fourth-order valence-corrected chi connectivity index (χ4v) is 1.14. The average Bonchev–Trinajstić information content (AvgIpc) is 2.25. The molecule has 1 aromatic rings. The van der Waals surface area contributed by atoms with Crippen molar-refractivity contribution in [3.05, 3.63) is 29.8 Å². The minimum absolute atomic E-state index is 0.270. The van der Waals surface area contributed by atoms with Gasteiger partial charge < -0.3 is 11.1 Å². The Kier molecular flexibility index (Phi) is 4.13. The number of nitrogens with one attached hydrogen (secondary N) is 2. The van der Waals surface area contributed by atoms with Gasteiger partial charge >= 0.3 is 12.2 Å². The molecule has 0 aromatic heterocycles. The smallest absolute Gasteiger partial charge is 0.376 e. The number of halogens is 3. The molecule has 0 heterocycles. The summed E-state index contributed by atoms with van der Waals surface area (Å²) in [6.07, 6.45) is -4.40. The van der Waals surface area contributed by atoms with Crippen LogP contribution < -0.4 is 16.4 Å². The summed E-state index contributed by atoms with van der Waals surface area (Å²) >= 11 is 0. The molecule has 0 bridgehead atoms. The summed E-state index contributed by atoms with van der Waals surface area (Å²) in [5.74, 6) is -0.678. The molecule has 0 saturated heterocycles. The number of hydrogen-bond donors (Lipinski definition) is 3. The maximum Gasteiger partial charge on any atom is 0.416 e. The predicted molar refractivity (Wildman–Crippen MR) is 57.7 cm³/mol. The molecule has 0 aliphatic rings. The summed E-state index contributed by atoms with van der Waals surface area (Å²) in [4.78, 5) is 21.3. The van der Waals surface area contributed by atoms with E-state index in [4.69, 9.17) is 5.73 Å². The number of anilines is 1. The topological polar surface area (TPSA) is 84.2 Å². The third-order valence-electron chi connectivity index (χ3n) is 1.93. The van der Waals surface area contributed by atoms with Crippen molar-refractivity contribution in [2.45, 2.75) is 6.18 Å². The van der Waals surface area contributed by atoms with Gasteiger partial charge in [-0.1, -0.05) is 0 Å². The fraction of sp³-hybridized carbons (Fsp3) is 0.200. The van der Waals surface area contributed by atoms with Crippen LogP contribution in [0.15, 0.2) is 24.3 Å². The van der Waals surface area contributed by atoms with E-state index in [0.717, 1.165) is 12.1 Å². The van der Waals surface area contributed by atoms with E-state index >= 15 is 0 Å². The number of carbonyl (C=O) groups is 2. The molecule has 1 aromatic carbocycles. The highest BCUT2D eigenvalue weighted by Crippen LogP contribution is 2.29. The molecule has 18 heavy (non-hydrogen) atoms. The highest BCUT2D eigenvalue weighted by molar-refractivity contribution is 5.95. The van der Waals surface area contributed by atoms with Crippen LogP contribution in [-0.4, -0.2) is 18.5 Å². The Morgan fingerprint density at radius 1 is 1.17 bits per heavy atom. The van der Waals surface area contributed by atoms with Gasteiger partial charge in [0.05, 0.1) is 12.1 Å². The van der Waals surface area contributed by atoms with E-state index in [1.54, 1.807) is 5.32 Å². The monoisotopic (exact) mass is 261 g/mol. The quantitative estimate of drug-likeness (QED) is 0.767. The van der Waals surface area contributed by atoms with Gasteiger partial charge in [0.15, 0.2) is 0 Å². The van der Waals surface area contributed by atoms with Crippen LogP contribution in [-0.2, 0) is 11.0 Å². The molecule has 0 saturated carbocycles. The first-order chi connectivity index (χ1) is 8.29. The Morgan fingerprint density at radius 2 is 1.72 bits per heavy atom. The molecule has 0 radical (unpaired) electrons. The van der Waals surface area contributed by atoms with Crippen LogP contribution in [0.1, 0.15) is 5.56 Å². The lowest BCUT2D eigenvalue weighted by Crippen LogP contribution is -2.38. The molecule has 0 fully saturated rings. The number of hydrogen-bond acceptors (Lipinski definition) is 3. The van der Waals surface area contributed by atoms with Gasteiger partial charge in [-0.25, -0.2) is 4.79 Å². The molecule has 0 spiro atoms. The highest BCUT2D eigenvalue weighted by atomic mass is 19.4. The minimum atomic E-state index is -4.40. The first kappa shape index (κ1) is 13.8. The number of imide groups is 1. The summed E-state index contributed by atoms with van der Waals surface area (Å²) in [5.41, 5.74) is 4.25. The van der Waals surface area contributed by atoms with Crippen LogP contribution >= 0.6 is 0 Å². The van der Waals surface area contributed by atoms with Gasteiger partial charge in [-0.05, 0) is 24.3 Å². The molecular weight excluding hydrogens is 251 g/mol. The number of amides is 3. The summed E-state index contributed by atoms with van der Waals surface area (Å²) < 4.78 is 36.7. The zero-order valence-corrected chi connectivity index (χ0v) is 9.04. The summed E-state index contributed by atoms with van der Waals surface area (Å²) in [5, 5.41) is 4.35. The largest absolute Gasteiger partial charge is 0.416 e. The van der Waals surface area contributed by atoms with Gasteiger partial charge in [-0.2, -0.15) is 13.2 Å². The molecule has 0 unspecified atom stereocenters. The van der Waals surface area contributed by atoms with Gasteiger partial charge in [0, 0.05) is 5.69 Å². The lowest BCUT2D eigenvalue weighted by molar-refractivity contribution is -0.137. The lowest BCUT2D eigenvalue weighted by atomic mass is 10.2. The second-order valence-corrected chi connectivity index (χ2v) is 3.34. The van der Waals surface area contributed by atoms with Crippen LogP contribution in [0.5, 0.6) is 0 Å². The molecule has 3 amide bonds. The standard InChI is InChI=1S/C10H10F3N3O2/c11-10(12,13)6-1-3-7(4-2-6)15-5-8(17)16-9(14)18/h1-4,15H,5H2,(H3,14,16,17,18). The Bertz CT molecular complexity index is 443. The van der Waals surface area contributed by atoms with Crippen LogP contribution in [0.25, 0.3) is 0 Å². The molecule has 1 rings (SSSR count). The maximum absolute atomic E-state index is 12.2. The summed E-state index contributed by atoms with van der Waals surface area (Å²) in [7, 11) is 0. The Balaban J connectivity index is 2.54. The first-order valence-corrected chi connectivity index (χ1v) is 4.79. The van der Waals surface area contributed by atoms with Crippen molar-refractivity contribution >= 4 is 17.6 Å². The van der Waals surface area contributed by atoms with E-state index in [-0.39, 0.29) is 6.54 Å². The number of urea groups is 1. The predicted octanol–water partition coefficient (Wildman–Crippen LogP) is 1.31. The van der Waals surface area contributed by atoms with Gasteiger partial charge in [0.25, 0.3) is 0 Å². The summed E-state index contributed by atoms with van der Waals surface area (Å²) in [6.45, 7) is -0.270. The Hall–Kier alpha value is -2.25. The Labute approximate surface area is 100 Å². The van der Waals surface area contributed by atoms with Crippen LogP contribution in [0.3, 0.4) is 0 Å². The van der Waals surface area contributed by atoms with Crippen molar-refractivity contribution in [3.63, 3.8) is 0 Å². The molecule has 0 aliphatic heterocycles. The van der Waals surface area contributed by atoms with Crippen LogP contribution in [0.4, 0.5) is 23.7 Å². The third kappa shape index (κ3) is 4.32. The molecule has 0 atom stereocenters. The van der Waals surface area contributed by atoms with E-state index in [1.165, 1.54) is 12.1 Å². The lowest BCUT2D eigenvalue weighted by Gasteiger charge is -2.09. The number of carbonyl (C=O) groups excluding carboxylic acids is 2. The highest BCUT2D eigenvalue weighted by Gasteiger charge is 2.29. The third-order valence-corrected chi connectivity index (χ3v) is 1.93. The van der Waals surface area contributed by atoms with E-state index in [2.05, 4.69) is 5.32 Å². The van der Waals surface area contributed by atoms with Crippen molar-refractivity contribution in [2.75, 3.05) is 11.9 Å².